The van der Waals surface area contributed by atoms with Crippen LogP contribution in [0.4, 0.5) is 23.4 Å². The molecule has 1 N–H and O–H groups in total. The Morgan fingerprint density at radius 2 is 1.65 bits per heavy atom. The lowest BCUT2D eigenvalue weighted by molar-refractivity contribution is -0.141. The van der Waals surface area contributed by atoms with E-state index < -0.39 is 11.9 Å². The van der Waals surface area contributed by atoms with Gasteiger partial charge in [0, 0.05) is 6.54 Å². The van der Waals surface area contributed by atoms with Gasteiger partial charge in [0.15, 0.2) is 5.69 Å². The van der Waals surface area contributed by atoms with Gasteiger partial charge < -0.3 is 5.32 Å². The van der Waals surface area contributed by atoms with Crippen LogP contribution in [0.3, 0.4) is 0 Å². The van der Waals surface area contributed by atoms with Crippen molar-refractivity contribution in [3.63, 3.8) is 0 Å². The molecule has 0 fully saturated rings. The summed E-state index contributed by atoms with van der Waals surface area (Å²) in [5.41, 5.74) is -0.111. The average Bonchev–Trinajstić information content (AvgIpc) is 2.41. The zero-order valence-corrected chi connectivity index (χ0v) is 10.3. The Bertz CT molecular complexity index is 549. The summed E-state index contributed by atoms with van der Waals surface area (Å²) in [6, 6.07) is 8.10. The molecule has 0 atom stereocenters. The predicted octanol–water partition coefficient (Wildman–Crippen LogP) is 3.29. The van der Waals surface area contributed by atoms with Crippen molar-refractivity contribution in [1.82, 2.24) is 10.2 Å². The maximum atomic E-state index is 12.7. The van der Waals surface area contributed by atoms with Gasteiger partial charge in [-0.3, -0.25) is 0 Å². The van der Waals surface area contributed by atoms with E-state index in [1.165, 1.54) is 18.2 Å². The zero-order chi connectivity index (χ0) is 14.6. The second-order valence-corrected chi connectivity index (χ2v) is 4.10. The molecule has 1 heterocycles. The molecule has 1 aromatic heterocycles. The Morgan fingerprint density at radius 1 is 0.950 bits per heavy atom. The van der Waals surface area contributed by atoms with Gasteiger partial charge in [-0.2, -0.15) is 13.2 Å². The number of hydrogen-bond acceptors (Lipinski definition) is 3. The predicted molar refractivity (Wildman–Crippen MR) is 65.6 cm³/mol. The summed E-state index contributed by atoms with van der Waals surface area (Å²) in [5.74, 6) is -0.0459. The third kappa shape index (κ3) is 3.91. The van der Waals surface area contributed by atoms with Gasteiger partial charge in [-0.15, -0.1) is 10.2 Å². The third-order valence-electron chi connectivity index (χ3n) is 2.59. The summed E-state index contributed by atoms with van der Waals surface area (Å²) in [7, 11) is 0. The number of rotatable bonds is 4. The lowest BCUT2D eigenvalue weighted by Gasteiger charge is -2.07. The van der Waals surface area contributed by atoms with Crippen LogP contribution in [-0.2, 0) is 12.6 Å². The van der Waals surface area contributed by atoms with Crippen LogP contribution in [0.2, 0.25) is 0 Å². The van der Waals surface area contributed by atoms with E-state index in [4.69, 9.17) is 0 Å². The molecule has 0 amide bonds. The summed E-state index contributed by atoms with van der Waals surface area (Å²) >= 11 is 0. The fourth-order valence-electron chi connectivity index (χ4n) is 1.56. The number of benzene rings is 1. The average molecular weight is 285 g/mol. The molecular formula is C13H11F4N3. The van der Waals surface area contributed by atoms with E-state index in [1.54, 1.807) is 12.1 Å². The topological polar surface area (TPSA) is 37.8 Å². The quantitative estimate of drug-likeness (QED) is 0.876. The normalized spacial score (nSPS) is 11.4. The molecule has 20 heavy (non-hydrogen) atoms. The monoisotopic (exact) mass is 285 g/mol. The summed E-state index contributed by atoms with van der Waals surface area (Å²) in [6.07, 6.45) is -3.89. The van der Waals surface area contributed by atoms with E-state index in [0.29, 0.717) is 13.0 Å². The number of nitrogens with one attached hydrogen (secondary N) is 1. The molecule has 3 nitrogen and oxygen atoms in total. The second-order valence-electron chi connectivity index (χ2n) is 4.10. The molecule has 0 aliphatic carbocycles. The number of alkyl halides is 3. The maximum absolute atomic E-state index is 12.7. The largest absolute Gasteiger partial charge is 0.435 e. The van der Waals surface area contributed by atoms with E-state index in [-0.39, 0.29) is 11.6 Å². The molecule has 0 aliphatic rings. The zero-order valence-electron chi connectivity index (χ0n) is 10.3. The number of anilines is 1. The fraction of sp³-hybridized carbons (Fsp3) is 0.231. The number of aromatic nitrogens is 2. The van der Waals surface area contributed by atoms with Crippen molar-refractivity contribution in [1.29, 1.82) is 0 Å². The molecule has 0 aliphatic heterocycles. The molecule has 106 valence electrons. The highest BCUT2D eigenvalue weighted by Crippen LogP contribution is 2.26. The molecule has 1 aromatic carbocycles. The minimum Gasteiger partial charge on any atom is -0.368 e. The minimum atomic E-state index is -4.49. The molecule has 0 saturated heterocycles. The molecule has 2 aromatic rings. The summed E-state index contributed by atoms with van der Waals surface area (Å²) < 4.78 is 49.5. The lowest BCUT2D eigenvalue weighted by atomic mass is 10.1. The van der Waals surface area contributed by atoms with Crippen molar-refractivity contribution in [3.8, 4) is 0 Å². The van der Waals surface area contributed by atoms with Gasteiger partial charge in [-0.05, 0) is 36.2 Å². The highest BCUT2D eigenvalue weighted by Gasteiger charge is 2.32. The highest BCUT2D eigenvalue weighted by molar-refractivity contribution is 5.33. The van der Waals surface area contributed by atoms with Crippen LogP contribution in [0.15, 0.2) is 36.4 Å². The smallest absolute Gasteiger partial charge is 0.368 e. The Labute approximate surface area is 112 Å². The molecular weight excluding hydrogens is 274 g/mol. The van der Waals surface area contributed by atoms with Crippen molar-refractivity contribution in [2.24, 2.45) is 0 Å². The molecule has 0 radical (unpaired) electrons. The first-order valence-corrected chi connectivity index (χ1v) is 5.84. The standard InChI is InChI=1S/C13H11F4N3/c14-10-3-1-9(2-4-10)7-8-18-12-6-5-11(19-20-12)13(15,16)17/h1-6H,7-8H2,(H,18,20). The van der Waals surface area contributed by atoms with Crippen LogP contribution < -0.4 is 5.32 Å². The van der Waals surface area contributed by atoms with E-state index in [2.05, 4.69) is 15.5 Å². The first-order valence-electron chi connectivity index (χ1n) is 5.84. The van der Waals surface area contributed by atoms with Crippen molar-refractivity contribution in [3.05, 3.63) is 53.5 Å². The first-order chi connectivity index (χ1) is 9.45. The molecule has 7 heteroatoms. The minimum absolute atomic E-state index is 0.264. The van der Waals surface area contributed by atoms with Gasteiger partial charge in [0.2, 0.25) is 0 Å². The van der Waals surface area contributed by atoms with Crippen LogP contribution in [-0.4, -0.2) is 16.7 Å². The van der Waals surface area contributed by atoms with E-state index in [1.807, 2.05) is 0 Å². The van der Waals surface area contributed by atoms with Crippen molar-refractivity contribution in [2.45, 2.75) is 12.6 Å². The molecule has 0 saturated carbocycles. The number of nitrogens with zero attached hydrogens (tertiary/aromatic N) is 2. The summed E-state index contributed by atoms with van der Waals surface area (Å²) in [6.45, 7) is 0.464. The fourth-order valence-corrected chi connectivity index (χ4v) is 1.56. The first kappa shape index (κ1) is 14.2. The van der Waals surface area contributed by atoms with Crippen molar-refractivity contribution in [2.75, 3.05) is 11.9 Å². The van der Waals surface area contributed by atoms with Gasteiger partial charge >= 0.3 is 6.18 Å². The van der Waals surface area contributed by atoms with Crippen LogP contribution in [0.5, 0.6) is 0 Å². The Hall–Kier alpha value is -2.18. The van der Waals surface area contributed by atoms with Crippen molar-refractivity contribution < 1.29 is 17.6 Å². The van der Waals surface area contributed by atoms with E-state index >= 15 is 0 Å². The molecule has 0 unspecified atom stereocenters. The molecule has 0 bridgehead atoms. The summed E-state index contributed by atoms with van der Waals surface area (Å²) in [4.78, 5) is 0. The Balaban J connectivity index is 1.87. The van der Waals surface area contributed by atoms with Gasteiger partial charge in [-0.25, -0.2) is 4.39 Å². The van der Waals surface area contributed by atoms with Crippen LogP contribution in [0, 0.1) is 5.82 Å². The van der Waals surface area contributed by atoms with Crippen molar-refractivity contribution >= 4 is 5.82 Å². The number of halogens is 4. The van der Waals surface area contributed by atoms with Crippen LogP contribution in [0.25, 0.3) is 0 Å². The molecule has 0 spiro atoms. The van der Waals surface area contributed by atoms with Crippen LogP contribution >= 0.6 is 0 Å². The highest BCUT2D eigenvalue weighted by atomic mass is 19.4. The SMILES string of the molecule is Fc1ccc(CCNc2ccc(C(F)(F)F)nn2)cc1. The van der Waals surface area contributed by atoms with Gasteiger partial charge in [-0.1, -0.05) is 12.1 Å². The third-order valence-corrected chi connectivity index (χ3v) is 2.59. The van der Waals surface area contributed by atoms with Crippen LogP contribution in [0.1, 0.15) is 11.3 Å². The Kier molecular flexibility index (Phi) is 4.16. The number of hydrogen-bond donors (Lipinski definition) is 1. The van der Waals surface area contributed by atoms with Gasteiger partial charge in [0.05, 0.1) is 0 Å². The lowest BCUT2D eigenvalue weighted by Crippen LogP contribution is -2.11. The van der Waals surface area contributed by atoms with Gasteiger partial charge in [0.25, 0.3) is 0 Å². The maximum Gasteiger partial charge on any atom is 0.435 e. The molecule has 2 rings (SSSR count). The van der Waals surface area contributed by atoms with E-state index in [9.17, 15) is 17.6 Å². The summed E-state index contributed by atoms with van der Waals surface area (Å²) in [5, 5.41) is 9.40. The Morgan fingerprint density at radius 3 is 2.20 bits per heavy atom. The van der Waals surface area contributed by atoms with E-state index in [0.717, 1.165) is 11.6 Å². The second kappa shape index (κ2) is 5.85. The van der Waals surface area contributed by atoms with Gasteiger partial charge in [0.1, 0.15) is 11.6 Å².